The SMILES string of the molecule is CN=c1scc(-c2ccc([N+](=O)[O-])cc2)n1N=CC1CCCCC1. The van der Waals surface area contributed by atoms with E-state index in [-0.39, 0.29) is 10.6 Å². The maximum atomic E-state index is 10.8. The molecule has 2 aromatic rings. The number of benzene rings is 1. The van der Waals surface area contributed by atoms with Gasteiger partial charge in [0.15, 0.2) is 0 Å². The smallest absolute Gasteiger partial charge is 0.261 e. The van der Waals surface area contributed by atoms with Gasteiger partial charge in [0.2, 0.25) is 4.80 Å². The van der Waals surface area contributed by atoms with E-state index in [4.69, 9.17) is 0 Å². The van der Waals surface area contributed by atoms with Crippen LogP contribution in [0.5, 0.6) is 0 Å². The molecule has 7 heteroatoms. The first-order valence-corrected chi connectivity index (χ1v) is 8.99. The number of hydrogen-bond acceptors (Lipinski definition) is 5. The number of nitro benzene ring substituents is 1. The molecule has 1 saturated carbocycles. The first-order valence-electron chi connectivity index (χ1n) is 8.11. The summed E-state index contributed by atoms with van der Waals surface area (Å²) in [7, 11) is 1.75. The number of hydrogen-bond donors (Lipinski definition) is 0. The summed E-state index contributed by atoms with van der Waals surface area (Å²) in [4.78, 5) is 15.5. The summed E-state index contributed by atoms with van der Waals surface area (Å²) < 4.78 is 1.83. The van der Waals surface area contributed by atoms with Gasteiger partial charge in [-0.05, 0) is 30.9 Å². The first kappa shape index (κ1) is 16.6. The molecule has 6 nitrogen and oxygen atoms in total. The van der Waals surface area contributed by atoms with Crippen molar-refractivity contribution < 1.29 is 4.92 Å². The molecule has 0 unspecified atom stereocenters. The molecule has 1 aliphatic carbocycles. The number of thiazole rings is 1. The van der Waals surface area contributed by atoms with Crippen LogP contribution >= 0.6 is 11.3 Å². The molecule has 1 heterocycles. The number of nitrogens with zero attached hydrogens (tertiary/aromatic N) is 4. The fraction of sp³-hybridized carbons (Fsp3) is 0.412. The lowest BCUT2D eigenvalue weighted by molar-refractivity contribution is -0.384. The summed E-state index contributed by atoms with van der Waals surface area (Å²) in [6.45, 7) is 0. The highest BCUT2D eigenvalue weighted by Gasteiger charge is 2.13. The van der Waals surface area contributed by atoms with E-state index >= 15 is 0 Å². The average Bonchev–Trinajstić information content (AvgIpc) is 3.03. The van der Waals surface area contributed by atoms with Crippen molar-refractivity contribution in [2.75, 3.05) is 7.05 Å². The van der Waals surface area contributed by atoms with Gasteiger partial charge in [-0.25, -0.2) is 4.68 Å². The molecule has 1 fully saturated rings. The number of aromatic nitrogens is 1. The molecule has 0 radical (unpaired) electrons. The minimum Gasteiger partial charge on any atom is -0.261 e. The summed E-state index contributed by atoms with van der Waals surface area (Å²) in [6, 6.07) is 6.55. The van der Waals surface area contributed by atoms with Gasteiger partial charge < -0.3 is 0 Å². The van der Waals surface area contributed by atoms with Gasteiger partial charge in [0.25, 0.3) is 5.69 Å². The van der Waals surface area contributed by atoms with Gasteiger partial charge in [-0.3, -0.25) is 15.1 Å². The van der Waals surface area contributed by atoms with Crippen molar-refractivity contribution >= 4 is 23.2 Å². The van der Waals surface area contributed by atoms with Crippen LogP contribution in [-0.4, -0.2) is 22.9 Å². The Kier molecular flexibility index (Phi) is 5.20. The van der Waals surface area contributed by atoms with Gasteiger partial charge in [-0.2, -0.15) is 5.10 Å². The Labute approximate surface area is 144 Å². The van der Waals surface area contributed by atoms with Crippen molar-refractivity contribution in [1.82, 2.24) is 4.68 Å². The molecule has 0 amide bonds. The van der Waals surface area contributed by atoms with E-state index in [1.54, 1.807) is 19.2 Å². The van der Waals surface area contributed by atoms with E-state index in [9.17, 15) is 10.1 Å². The number of rotatable bonds is 4. The van der Waals surface area contributed by atoms with E-state index in [1.807, 2.05) is 16.3 Å². The maximum absolute atomic E-state index is 10.8. The normalized spacial score (nSPS) is 16.8. The van der Waals surface area contributed by atoms with Crippen LogP contribution in [0.25, 0.3) is 11.3 Å². The second-order valence-corrected chi connectivity index (χ2v) is 6.74. The number of nitro groups is 1. The van der Waals surface area contributed by atoms with Crippen molar-refractivity contribution in [2.45, 2.75) is 32.1 Å². The lowest BCUT2D eigenvalue weighted by atomic mass is 9.90. The third-order valence-electron chi connectivity index (χ3n) is 4.29. The van der Waals surface area contributed by atoms with Crippen molar-refractivity contribution in [2.24, 2.45) is 16.0 Å². The molecule has 1 aliphatic rings. The predicted molar refractivity (Wildman–Crippen MR) is 96.4 cm³/mol. The highest BCUT2D eigenvalue weighted by molar-refractivity contribution is 7.07. The maximum Gasteiger partial charge on any atom is 0.269 e. The highest BCUT2D eigenvalue weighted by Crippen LogP contribution is 2.24. The molecule has 1 aromatic carbocycles. The Balaban J connectivity index is 1.92. The van der Waals surface area contributed by atoms with Crippen LogP contribution in [0.2, 0.25) is 0 Å². The van der Waals surface area contributed by atoms with Crippen molar-refractivity contribution in [3.63, 3.8) is 0 Å². The van der Waals surface area contributed by atoms with Crippen LogP contribution in [0.4, 0.5) is 5.69 Å². The van der Waals surface area contributed by atoms with Gasteiger partial charge in [0.1, 0.15) is 0 Å². The Morgan fingerprint density at radius 2 is 1.96 bits per heavy atom. The largest absolute Gasteiger partial charge is 0.269 e. The van der Waals surface area contributed by atoms with Crippen molar-refractivity contribution in [3.8, 4) is 11.3 Å². The monoisotopic (exact) mass is 344 g/mol. The van der Waals surface area contributed by atoms with Gasteiger partial charge in [0.05, 0.1) is 10.6 Å². The minimum atomic E-state index is -0.389. The van der Waals surface area contributed by atoms with Crippen LogP contribution in [0.15, 0.2) is 39.7 Å². The standard InChI is InChI=1S/C17H20N4O2S/c1-18-17-20(19-11-13-5-3-2-4-6-13)16(12-24-17)14-7-9-15(10-8-14)21(22)23/h7-13H,2-6H2,1H3. The average molecular weight is 344 g/mol. The molecule has 0 N–H and O–H groups in total. The molecular formula is C17H20N4O2S. The van der Waals surface area contributed by atoms with Crippen LogP contribution in [0.1, 0.15) is 32.1 Å². The zero-order chi connectivity index (χ0) is 16.9. The molecule has 0 spiro atoms. The van der Waals surface area contributed by atoms with E-state index in [0.717, 1.165) is 16.1 Å². The van der Waals surface area contributed by atoms with E-state index in [0.29, 0.717) is 5.92 Å². The summed E-state index contributed by atoms with van der Waals surface area (Å²) in [6.07, 6.45) is 8.28. The van der Waals surface area contributed by atoms with E-state index in [2.05, 4.69) is 10.1 Å². The molecular weight excluding hydrogens is 324 g/mol. The summed E-state index contributed by atoms with van der Waals surface area (Å²) >= 11 is 1.52. The first-order chi connectivity index (χ1) is 11.7. The Bertz CT molecular complexity index is 799. The zero-order valence-corrected chi connectivity index (χ0v) is 14.4. The van der Waals surface area contributed by atoms with E-state index in [1.165, 1.54) is 55.6 Å². The van der Waals surface area contributed by atoms with Gasteiger partial charge >= 0.3 is 0 Å². The molecule has 3 rings (SSSR count). The minimum absolute atomic E-state index is 0.0895. The van der Waals surface area contributed by atoms with Crippen molar-refractivity contribution in [1.29, 1.82) is 0 Å². The molecule has 24 heavy (non-hydrogen) atoms. The van der Waals surface area contributed by atoms with Gasteiger partial charge in [0, 0.05) is 36.3 Å². The third kappa shape index (κ3) is 3.62. The lowest BCUT2D eigenvalue weighted by Crippen LogP contribution is -2.14. The molecule has 0 atom stereocenters. The van der Waals surface area contributed by atoms with E-state index < -0.39 is 0 Å². The number of non-ortho nitro benzene ring substituents is 1. The Morgan fingerprint density at radius 1 is 1.25 bits per heavy atom. The summed E-state index contributed by atoms with van der Waals surface area (Å²) in [5.74, 6) is 0.528. The topological polar surface area (TPSA) is 72.8 Å². The lowest BCUT2D eigenvalue weighted by Gasteiger charge is -2.17. The fourth-order valence-electron chi connectivity index (χ4n) is 2.96. The Hall–Kier alpha value is -2.28. The van der Waals surface area contributed by atoms with Crippen molar-refractivity contribution in [3.05, 3.63) is 44.6 Å². The highest BCUT2D eigenvalue weighted by atomic mass is 32.1. The zero-order valence-electron chi connectivity index (χ0n) is 13.6. The second kappa shape index (κ2) is 7.53. The van der Waals surface area contributed by atoms with Crippen LogP contribution < -0.4 is 4.80 Å². The molecule has 126 valence electrons. The molecule has 0 saturated heterocycles. The van der Waals surface area contributed by atoms with Gasteiger partial charge in [-0.1, -0.05) is 19.3 Å². The fourth-order valence-corrected chi connectivity index (χ4v) is 3.76. The molecule has 1 aromatic heterocycles. The molecule has 0 aliphatic heterocycles. The predicted octanol–water partition coefficient (Wildman–Crippen LogP) is 4.07. The second-order valence-electron chi connectivity index (χ2n) is 5.91. The summed E-state index contributed by atoms with van der Waals surface area (Å²) in [5.41, 5.74) is 1.89. The molecule has 0 bridgehead atoms. The van der Waals surface area contributed by atoms with Crippen LogP contribution in [0.3, 0.4) is 0 Å². The quantitative estimate of drug-likeness (QED) is 0.476. The summed E-state index contributed by atoms with van der Waals surface area (Å²) in [5, 5.41) is 17.5. The van der Waals surface area contributed by atoms with Crippen LogP contribution in [-0.2, 0) is 0 Å². The van der Waals surface area contributed by atoms with Gasteiger partial charge in [-0.15, -0.1) is 11.3 Å². The Morgan fingerprint density at radius 3 is 2.58 bits per heavy atom. The van der Waals surface area contributed by atoms with Crippen LogP contribution in [0, 0.1) is 16.0 Å². The third-order valence-corrected chi connectivity index (χ3v) is 5.20.